The fourth-order valence-electron chi connectivity index (χ4n) is 1.56. The topological polar surface area (TPSA) is 56.3 Å². The van der Waals surface area contributed by atoms with Crippen LogP contribution >= 0.6 is 11.6 Å². The van der Waals surface area contributed by atoms with Crippen molar-refractivity contribution in [2.75, 3.05) is 25.4 Å². The normalized spacial score (nSPS) is 11.2. The van der Waals surface area contributed by atoms with E-state index in [0.29, 0.717) is 23.6 Å². The summed E-state index contributed by atoms with van der Waals surface area (Å²) in [6.45, 7) is 4.16. The lowest BCUT2D eigenvalue weighted by Gasteiger charge is -2.30. The third-order valence-corrected chi connectivity index (χ3v) is 3.60. The minimum absolute atomic E-state index is 0.209. The number of rotatable bonds is 7. The molecule has 1 aromatic heterocycles. The van der Waals surface area contributed by atoms with Crippen molar-refractivity contribution < 1.29 is 9.47 Å². The third kappa shape index (κ3) is 3.38. The molecule has 0 aliphatic heterocycles. The molecule has 0 radical (unpaired) electrons. The van der Waals surface area contributed by atoms with Gasteiger partial charge >= 0.3 is 0 Å². The molecule has 0 bridgehead atoms. The van der Waals surface area contributed by atoms with Crippen LogP contribution in [0.2, 0.25) is 0 Å². The number of anilines is 1. The summed E-state index contributed by atoms with van der Waals surface area (Å²) in [4.78, 5) is 8.49. The number of ether oxygens (including phenoxy) is 2. The van der Waals surface area contributed by atoms with E-state index >= 15 is 0 Å². The predicted octanol–water partition coefficient (Wildman–Crippen LogP) is 2.70. The maximum Gasteiger partial charge on any atom is 0.229 e. The van der Waals surface area contributed by atoms with Crippen LogP contribution in [-0.4, -0.2) is 35.6 Å². The SMILES string of the molecule is CCC(CC)(CCl)Nc1nc(OC)cc(OC)n1. The maximum absolute atomic E-state index is 6.04. The Bertz CT molecular complexity index is 353. The Labute approximate surface area is 113 Å². The molecule has 0 spiro atoms. The Hall–Kier alpha value is -1.23. The average Bonchev–Trinajstić information content (AvgIpc) is 2.44. The number of nitrogens with zero attached hydrogens (tertiary/aromatic N) is 2. The third-order valence-electron chi connectivity index (χ3n) is 3.08. The van der Waals surface area contributed by atoms with Crippen molar-refractivity contribution in [1.82, 2.24) is 9.97 Å². The zero-order chi connectivity index (χ0) is 13.6. The smallest absolute Gasteiger partial charge is 0.229 e. The van der Waals surface area contributed by atoms with Gasteiger partial charge in [0.1, 0.15) is 0 Å². The lowest BCUT2D eigenvalue weighted by molar-refractivity contribution is 0.371. The molecule has 0 saturated carbocycles. The van der Waals surface area contributed by atoms with Crippen molar-refractivity contribution in [3.63, 3.8) is 0 Å². The molecule has 0 aliphatic rings. The van der Waals surface area contributed by atoms with Crippen molar-refractivity contribution in [2.24, 2.45) is 0 Å². The van der Waals surface area contributed by atoms with Gasteiger partial charge in [-0.3, -0.25) is 0 Å². The fraction of sp³-hybridized carbons (Fsp3) is 0.667. The summed E-state index contributed by atoms with van der Waals surface area (Å²) >= 11 is 6.04. The van der Waals surface area contributed by atoms with E-state index in [1.54, 1.807) is 20.3 Å². The molecule has 102 valence electrons. The summed E-state index contributed by atoms with van der Waals surface area (Å²) in [5.74, 6) is 1.87. The summed E-state index contributed by atoms with van der Waals surface area (Å²) in [5.41, 5.74) is -0.209. The van der Waals surface area contributed by atoms with Gasteiger partial charge in [-0.05, 0) is 12.8 Å². The fourth-order valence-corrected chi connectivity index (χ4v) is 2.00. The van der Waals surface area contributed by atoms with Gasteiger partial charge in [0.25, 0.3) is 0 Å². The van der Waals surface area contributed by atoms with Gasteiger partial charge in [0.15, 0.2) is 0 Å². The molecule has 5 nitrogen and oxygen atoms in total. The summed E-state index contributed by atoms with van der Waals surface area (Å²) in [6.07, 6.45) is 1.77. The van der Waals surface area contributed by atoms with E-state index in [2.05, 4.69) is 29.1 Å². The second-order valence-electron chi connectivity index (χ2n) is 4.02. The van der Waals surface area contributed by atoms with Gasteiger partial charge in [0.05, 0.1) is 25.8 Å². The second kappa shape index (κ2) is 6.64. The molecule has 0 saturated heterocycles. The molecule has 1 N–H and O–H groups in total. The monoisotopic (exact) mass is 273 g/mol. The Morgan fingerprint density at radius 1 is 1.17 bits per heavy atom. The molecule has 1 aromatic rings. The highest BCUT2D eigenvalue weighted by Crippen LogP contribution is 2.24. The van der Waals surface area contributed by atoms with Crippen molar-refractivity contribution in [3.8, 4) is 11.8 Å². The van der Waals surface area contributed by atoms with Crippen LogP contribution in [-0.2, 0) is 0 Å². The van der Waals surface area contributed by atoms with Gasteiger partial charge in [-0.15, -0.1) is 11.6 Å². The van der Waals surface area contributed by atoms with E-state index in [1.165, 1.54) is 0 Å². The van der Waals surface area contributed by atoms with E-state index < -0.39 is 0 Å². The Morgan fingerprint density at radius 3 is 2.00 bits per heavy atom. The Kier molecular flexibility index (Phi) is 5.47. The lowest BCUT2D eigenvalue weighted by Crippen LogP contribution is -2.39. The predicted molar refractivity (Wildman–Crippen MR) is 72.8 cm³/mol. The molecule has 0 unspecified atom stereocenters. The summed E-state index contributed by atoms with van der Waals surface area (Å²) < 4.78 is 10.2. The van der Waals surface area contributed by atoms with Crippen molar-refractivity contribution in [1.29, 1.82) is 0 Å². The highest BCUT2D eigenvalue weighted by molar-refractivity contribution is 6.18. The first kappa shape index (κ1) is 14.8. The molecule has 0 amide bonds. The zero-order valence-corrected chi connectivity index (χ0v) is 12.0. The first-order valence-corrected chi connectivity index (χ1v) is 6.47. The molecule has 1 rings (SSSR count). The van der Waals surface area contributed by atoms with Crippen LogP contribution in [0.15, 0.2) is 6.07 Å². The van der Waals surface area contributed by atoms with Crippen LogP contribution in [0.4, 0.5) is 5.95 Å². The first-order valence-electron chi connectivity index (χ1n) is 5.94. The minimum Gasteiger partial charge on any atom is -0.481 e. The minimum atomic E-state index is -0.209. The summed E-state index contributed by atoms with van der Waals surface area (Å²) in [7, 11) is 3.11. The molecule has 0 atom stereocenters. The number of aromatic nitrogens is 2. The molecular weight excluding hydrogens is 254 g/mol. The number of alkyl halides is 1. The van der Waals surface area contributed by atoms with Crippen LogP contribution in [0.3, 0.4) is 0 Å². The van der Waals surface area contributed by atoms with Crippen LogP contribution in [0.25, 0.3) is 0 Å². The van der Waals surface area contributed by atoms with Gasteiger partial charge < -0.3 is 14.8 Å². The molecule has 18 heavy (non-hydrogen) atoms. The number of halogens is 1. The molecular formula is C12H20ClN3O2. The van der Waals surface area contributed by atoms with E-state index in [-0.39, 0.29) is 5.54 Å². The quantitative estimate of drug-likeness (QED) is 0.774. The first-order chi connectivity index (χ1) is 8.62. The Balaban J connectivity index is 3.01. The van der Waals surface area contributed by atoms with Gasteiger partial charge in [0.2, 0.25) is 17.7 Å². The maximum atomic E-state index is 6.04. The van der Waals surface area contributed by atoms with Crippen molar-refractivity contribution in [3.05, 3.63) is 6.07 Å². The molecule has 0 aromatic carbocycles. The average molecular weight is 274 g/mol. The number of hydrogen-bond donors (Lipinski definition) is 1. The zero-order valence-electron chi connectivity index (χ0n) is 11.3. The van der Waals surface area contributed by atoms with Gasteiger partial charge in [0, 0.05) is 5.88 Å². The van der Waals surface area contributed by atoms with Gasteiger partial charge in [-0.2, -0.15) is 9.97 Å². The number of methoxy groups -OCH3 is 2. The van der Waals surface area contributed by atoms with E-state index in [1.807, 2.05) is 0 Å². The van der Waals surface area contributed by atoms with E-state index in [4.69, 9.17) is 21.1 Å². The number of nitrogens with one attached hydrogen (secondary N) is 1. The second-order valence-corrected chi connectivity index (χ2v) is 4.29. The highest BCUT2D eigenvalue weighted by atomic mass is 35.5. The molecule has 0 fully saturated rings. The van der Waals surface area contributed by atoms with Gasteiger partial charge in [-0.25, -0.2) is 0 Å². The van der Waals surface area contributed by atoms with Crippen LogP contribution in [0.1, 0.15) is 26.7 Å². The van der Waals surface area contributed by atoms with Gasteiger partial charge in [-0.1, -0.05) is 13.8 Å². The molecule has 6 heteroatoms. The summed E-state index contributed by atoms with van der Waals surface area (Å²) in [5, 5.41) is 3.28. The van der Waals surface area contributed by atoms with E-state index in [9.17, 15) is 0 Å². The number of hydrogen-bond acceptors (Lipinski definition) is 5. The largest absolute Gasteiger partial charge is 0.481 e. The highest BCUT2D eigenvalue weighted by Gasteiger charge is 2.26. The Morgan fingerprint density at radius 2 is 1.67 bits per heavy atom. The van der Waals surface area contributed by atoms with Crippen molar-refractivity contribution >= 4 is 17.5 Å². The van der Waals surface area contributed by atoms with E-state index in [0.717, 1.165) is 12.8 Å². The van der Waals surface area contributed by atoms with Crippen molar-refractivity contribution in [2.45, 2.75) is 32.2 Å². The summed E-state index contributed by atoms with van der Waals surface area (Å²) in [6, 6.07) is 1.63. The van der Waals surface area contributed by atoms with Crippen LogP contribution < -0.4 is 14.8 Å². The molecule has 1 heterocycles. The van der Waals surface area contributed by atoms with Crippen LogP contribution in [0, 0.1) is 0 Å². The van der Waals surface area contributed by atoms with Crippen LogP contribution in [0.5, 0.6) is 11.8 Å². The standard InChI is InChI=1S/C12H20ClN3O2/c1-5-12(6-2,8-13)16-11-14-9(17-3)7-10(15-11)18-4/h7H,5-6,8H2,1-4H3,(H,14,15,16). The lowest BCUT2D eigenvalue weighted by atomic mass is 9.95. The molecule has 0 aliphatic carbocycles.